The zero-order chi connectivity index (χ0) is 13.2. The van der Waals surface area contributed by atoms with Gasteiger partial charge in [-0.3, -0.25) is 0 Å². The molecule has 2 aliphatic rings. The number of aliphatic carboxylic acids is 1. The van der Waals surface area contributed by atoms with Crippen molar-refractivity contribution in [1.82, 2.24) is 5.32 Å². The number of alkyl carbamates (subject to hydrolysis) is 1. The van der Waals surface area contributed by atoms with E-state index in [1.165, 1.54) is 6.08 Å². The Bertz CT molecular complexity index is 371. The van der Waals surface area contributed by atoms with Crippen LogP contribution in [0.5, 0.6) is 0 Å². The topological polar surface area (TPSA) is 84.9 Å². The highest BCUT2D eigenvalue weighted by Crippen LogP contribution is 2.50. The first kappa shape index (κ1) is 12.9. The second-order valence-corrected chi connectivity index (χ2v) is 4.83. The van der Waals surface area contributed by atoms with Crippen LogP contribution in [0.1, 0.15) is 25.7 Å². The number of rotatable bonds is 5. The number of fused-ring (bicyclic) bond motifs is 2. The van der Waals surface area contributed by atoms with Gasteiger partial charge in [0.1, 0.15) is 6.61 Å². The molecule has 100 valence electrons. The Labute approximate surface area is 105 Å². The Morgan fingerprint density at radius 3 is 2.56 bits per heavy atom. The molecule has 1 amide bonds. The van der Waals surface area contributed by atoms with Gasteiger partial charge in [-0.1, -0.05) is 12.7 Å². The van der Waals surface area contributed by atoms with Crippen molar-refractivity contribution in [3.8, 4) is 0 Å². The minimum Gasteiger partial charge on any atom is -0.479 e. The van der Waals surface area contributed by atoms with Crippen molar-refractivity contribution in [2.45, 2.75) is 36.9 Å². The third-order valence-corrected chi connectivity index (χ3v) is 3.66. The number of carboxylic acid groups (broad SMARTS) is 1. The van der Waals surface area contributed by atoms with E-state index in [-0.39, 0.29) is 13.2 Å². The first-order valence-corrected chi connectivity index (χ1v) is 5.97. The largest absolute Gasteiger partial charge is 0.479 e. The molecule has 0 atom stereocenters. The first-order valence-electron chi connectivity index (χ1n) is 5.97. The Morgan fingerprint density at radius 2 is 2.06 bits per heavy atom. The number of carbonyl (C=O) groups is 2. The number of carboxylic acids is 1. The lowest BCUT2D eigenvalue weighted by Crippen LogP contribution is -2.41. The summed E-state index contributed by atoms with van der Waals surface area (Å²) in [5.74, 6) is -0.906. The predicted molar refractivity (Wildman–Crippen MR) is 62.2 cm³/mol. The van der Waals surface area contributed by atoms with Crippen LogP contribution in [0.3, 0.4) is 0 Å². The Balaban J connectivity index is 1.86. The van der Waals surface area contributed by atoms with Crippen LogP contribution in [0.2, 0.25) is 0 Å². The lowest BCUT2D eigenvalue weighted by Gasteiger charge is -2.24. The lowest BCUT2D eigenvalue weighted by atomic mass is 9.82. The molecule has 0 aliphatic carbocycles. The fourth-order valence-electron chi connectivity index (χ4n) is 2.62. The van der Waals surface area contributed by atoms with Crippen molar-refractivity contribution < 1.29 is 24.2 Å². The maximum atomic E-state index is 11.3. The van der Waals surface area contributed by atoms with E-state index in [2.05, 4.69) is 11.9 Å². The van der Waals surface area contributed by atoms with Gasteiger partial charge in [-0.05, 0) is 25.7 Å². The number of nitrogens with one attached hydrogen (secondary N) is 1. The molecule has 2 heterocycles. The molecule has 2 bridgehead atoms. The van der Waals surface area contributed by atoms with Crippen molar-refractivity contribution >= 4 is 12.1 Å². The normalized spacial score (nSPS) is 33.1. The van der Waals surface area contributed by atoms with Crippen molar-refractivity contribution in [1.29, 1.82) is 0 Å². The van der Waals surface area contributed by atoms with Gasteiger partial charge in [0.2, 0.25) is 0 Å². The molecule has 18 heavy (non-hydrogen) atoms. The summed E-state index contributed by atoms with van der Waals surface area (Å²) in [5, 5.41) is 11.8. The Kier molecular flexibility index (Phi) is 3.30. The van der Waals surface area contributed by atoms with Gasteiger partial charge in [-0.2, -0.15) is 0 Å². The molecular formula is C12H17NO5. The second kappa shape index (κ2) is 4.61. The molecule has 0 aromatic carbocycles. The third kappa shape index (κ3) is 2.20. The van der Waals surface area contributed by atoms with E-state index in [0.717, 1.165) is 0 Å². The smallest absolute Gasteiger partial charge is 0.407 e. The Morgan fingerprint density at radius 1 is 1.39 bits per heavy atom. The van der Waals surface area contributed by atoms with Gasteiger partial charge in [0.05, 0.1) is 5.60 Å². The maximum Gasteiger partial charge on any atom is 0.407 e. The van der Waals surface area contributed by atoms with Gasteiger partial charge in [0.15, 0.2) is 5.60 Å². The van der Waals surface area contributed by atoms with Crippen molar-refractivity contribution in [2.24, 2.45) is 0 Å². The monoisotopic (exact) mass is 255 g/mol. The summed E-state index contributed by atoms with van der Waals surface area (Å²) >= 11 is 0. The van der Waals surface area contributed by atoms with Crippen LogP contribution in [0.25, 0.3) is 0 Å². The molecule has 0 aromatic heterocycles. The van der Waals surface area contributed by atoms with E-state index < -0.39 is 23.3 Å². The van der Waals surface area contributed by atoms with Crippen LogP contribution >= 0.6 is 0 Å². The molecule has 2 aliphatic heterocycles. The maximum absolute atomic E-state index is 11.3. The Hall–Kier alpha value is -1.56. The highest BCUT2D eigenvalue weighted by Gasteiger charge is 2.59. The molecule has 2 N–H and O–H groups in total. The SMILES string of the molecule is C=CCOC(=O)NCC12CCC(C(=O)O)(CC1)O2. The molecule has 6 nitrogen and oxygen atoms in total. The van der Waals surface area contributed by atoms with E-state index in [1.807, 2.05) is 0 Å². The van der Waals surface area contributed by atoms with E-state index in [4.69, 9.17) is 14.6 Å². The van der Waals surface area contributed by atoms with Gasteiger partial charge in [0, 0.05) is 6.54 Å². The fourth-order valence-corrected chi connectivity index (χ4v) is 2.62. The van der Waals surface area contributed by atoms with E-state index in [1.54, 1.807) is 0 Å². The number of carbonyl (C=O) groups excluding carboxylic acids is 1. The average molecular weight is 255 g/mol. The highest BCUT2D eigenvalue weighted by molar-refractivity contribution is 5.78. The molecule has 2 saturated heterocycles. The van der Waals surface area contributed by atoms with Gasteiger partial charge in [0.25, 0.3) is 0 Å². The van der Waals surface area contributed by atoms with Crippen molar-refractivity contribution in [3.05, 3.63) is 12.7 Å². The van der Waals surface area contributed by atoms with E-state index in [9.17, 15) is 9.59 Å². The standard InChI is InChI=1S/C12H17NO5/c1-2-7-17-10(16)13-8-11-3-5-12(18-11,6-4-11)9(14)15/h2H,1,3-8H2,(H,13,16)(H,14,15). The summed E-state index contributed by atoms with van der Waals surface area (Å²) in [5.41, 5.74) is -1.57. The molecule has 2 fully saturated rings. The quantitative estimate of drug-likeness (QED) is 0.718. The second-order valence-electron chi connectivity index (χ2n) is 4.83. The minimum absolute atomic E-state index is 0.152. The molecule has 0 saturated carbocycles. The molecule has 6 heteroatoms. The molecule has 2 rings (SSSR count). The van der Waals surface area contributed by atoms with Gasteiger partial charge in [-0.25, -0.2) is 9.59 Å². The molecule has 0 radical (unpaired) electrons. The predicted octanol–water partition coefficient (Wildman–Crippen LogP) is 1.06. The summed E-state index contributed by atoms with van der Waals surface area (Å²) in [6.07, 6.45) is 3.27. The lowest BCUT2D eigenvalue weighted by molar-refractivity contribution is -0.162. The third-order valence-electron chi connectivity index (χ3n) is 3.66. The van der Waals surface area contributed by atoms with Crippen LogP contribution in [0, 0.1) is 0 Å². The zero-order valence-corrected chi connectivity index (χ0v) is 10.1. The van der Waals surface area contributed by atoms with E-state index >= 15 is 0 Å². The van der Waals surface area contributed by atoms with Crippen LogP contribution in [0.15, 0.2) is 12.7 Å². The zero-order valence-electron chi connectivity index (χ0n) is 10.1. The van der Waals surface area contributed by atoms with E-state index in [0.29, 0.717) is 25.7 Å². The number of amides is 1. The van der Waals surface area contributed by atoms with Crippen molar-refractivity contribution in [2.75, 3.05) is 13.2 Å². The number of ether oxygens (including phenoxy) is 2. The van der Waals surface area contributed by atoms with Gasteiger partial charge >= 0.3 is 12.1 Å². The highest BCUT2D eigenvalue weighted by atomic mass is 16.6. The molecular weight excluding hydrogens is 238 g/mol. The molecule has 0 spiro atoms. The molecule has 0 aromatic rings. The van der Waals surface area contributed by atoms with Crippen LogP contribution in [0.4, 0.5) is 4.79 Å². The van der Waals surface area contributed by atoms with Crippen LogP contribution in [-0.4, -0.2) is 41.5 Å². The summed E-state index contributed by atoms with van der Waals surface area (Å²) in [4.78, 5) is 22.4. The summed E-state index contributed by atoms with van der Waals surface area (Å²) in [6.45, 7) is 3.88. The first-order chi connectivity index (χ1) is 8.52. The number of hydrogen-bond acceptors (Lipinski definition) is 4. The minimum atomic E-state index is -1.04. The average Bonchev–Trinajstić information content (AvgIpc) is 2.92. The summed E-state index contributed by atoms with van der Waals surface area (Å²) < 4.78 is 10.5. The summed E-state index contributed by atoms with van der Waals surface area (Å²) in [6, 6.07) is 0. The number of hydrogen-bond donors (Lipinski definition) is 2. The van der Waals surface area contributed by atoms with Crippen LogP contribution < -0.4 is 5.32 Å². The van der Waals surface area contributed by atoms with Gasteiger partial charge < -0.3 is 19.9 Å². The fraction of sp³-hybridized carbons (Fsp3) is 0.667. The molecule has 0 unspecified atom stereocenters. The van der Waals surface area contributed by atoms with Crippen molar-refractivity contribution in [3.63, 3.8) is 0 Å². The van der Waals surface area contributed by atoms with Gasteiger partial charge in [-0.15, -0.1) is 0 Å². The van der Waals surface area contributed by atoms with Crippen LogP contribution in [-0.2, 0) is 14.3 Å². The summed E-state index contributed by atoms with van der Waals surface area (Å²) in [7, 11) is 0.